The molecule has 2 rings (SSSR count). The lowest BCUT2D eigenvalue weighted by atomic mass is 9.88. The zero-order valence-electron chi connectivity index (χ0n) is 9.67. The van der Waals surface area contributed by atoms with Crippen molar-refractivity contribution >= 4 is 5.91 Å². The number of carbonyl (C=O) groups excluding carboxylic acids is 1. The molecular formula is C12H22N2O. The van der Waals surface area contributed by atoms with Crippen LogP contribution in [0.4, 0.5) is 0 Å². The lowest BCUT2D eigenvalue weighted by molar-refractivity contribution is -0.136. The molecule has 3 heteroatoms. The van der Waals surface area contributed by atoms with Gasteiger partial charge >= 0.3 is 0 Å². The van der Waals surface area contributed by atoms with E-state index in [9.17, 15) is 4.79 Å². The molecule has 0 aromatic rings. The molecule has 0 aromatic carbocycles. The Kier molecular flexibility index (Phi) is 3.62. The van der Waals surface area contributed by atoms with Gasteiger partial charge in [0.05, 0.1) is 0 Å². The zero-order valence-corrected chi connectivity index (χ0v) is 9.67. The fourth-order valence-corrected chi connectivity index (χ4v) is 2.62. The van der Waals surface area contributed by atoms with Gasteiger partial charge in [0.15, 0.2) is 0 Å². The number of nitrogens with one attached hydrogen (secondary N) is 1. The molecule has 0 atom stereocenters. The minimum Gasteiger partial charge on any atom is -0.345 e. The molecule has 1 saturated carbocycles. The molecule has 1 N–H and O–H groups in total. The maximum atomic E-state index is 12.1. The molecule has 15 heavy (non-hydrogen) atoms. The first-order valence-corrected chi connectivity index (χ1v) is 6.23. The van der Waals surface area contributed by atoms with Gasteiger partial charge in [0.1, 0.15) is 0 Å². The molecule has 1 heterocycles. The van der Waals surface area contributed by atoms with Crippen molar-refractivity contribution in [2.45, 2.75) is 32.1 Å². The van der Waals surface area contributed by atoms with Crippen LogP contribution in [0.5, 0.6) is 0 Å². The standard InChI is InChI=1S/C12H22N2O/c1-14(9-10-7-13-8-10)12(15)11-5-3-2-4-6-11/h10-11,13H,2-9H2,1H3. The van der Waals surface area contributed by atoms with E-state index in [1.807, 2.05) is 11.9 Å². The molecule has 0 spiro atoms. The van der Waals surface area contributed by atoms with Gasteiger partial charge in [-0.2, -0.15) is 0 Å². The Hall–Kier alpha value is -0.570. The van der Waals surface area contributed by atoms with E-state index in [0.717, 1.165) is 32.5 Å². The SMILES string of the molecule is CN(CC1CNC1)C(=O)C1CCCCC1. The predicted molar refractivity (Wildman–Crippen MR) is 60.6 cm³/mol. The minimum atomic E-state index is 0.330. The molecule has 1 aliphatic heterocycles. The third-order valence-corrected chi connectivity index (χ3v) is 3.73. The zero-order chi connectivity index (χ0) is 10.7. The Morgan fingerprint density at radius 2 is 1.93 bits per heavy atom. The highest BCUT2D eigenvalue weighted by Crippen LogP contribution is 2.25. The molecule has 2 aliphatic rings. The summed E-state index contributed by atoms with van der Waals surface area (Å²) in [5, 5.41) is 3.25. The van der Waals surface area contributed by atoms with Gasteiger partial charge in [0.2, 0.25) is 5.91 Å². The first kappa shape index (κ1) is 10.9. The fourth-order valence-electron chi connectivity index (χ4n) is 2.62. The molecular weight excluding hydrogens is 188 g/mol. The van der Waals surface area contributed by atoms with E-state index in [1.54, 1.807) is 0 Å². The van der Waals surface area contributed by atoms with Gasteiger partial charge in [-0.05, 0) is 12.8 Å². The maximum Gasteiger partial charge on any atom is 0.225 e. The second-order valence-electron chi connectivity index (χ2n) is 5.08. The average Bonchev–Trinajstić information content (AvgIpc) is 2.23. The Morgan fingerprint density at radius 3 is 2.47 bits per heavy atom. The first-order chi connectivity index (χ1) is 7.27. The summed E-state index contributed by atoms with van der Waals surface area (Å²) in [4.78, 5) is 14.0. The summed E-state index contributed by atoms with van der Waals surface area (Å²) in [7, 11) is 1.97. The van der Waals surface area contributed by atoms with Crippen molar-refractivity contribution in [1.82, 2.24) is 10.2 Å². The summed E-state index contributed by atoms with van der Waals surface area (Å²) in [6, 6.07) is 0. The van der Waals surface area contributed by atoms with Crippen molar-refractivity contribution < 1.29 is 4.79 Å². The van der Waals surface area contributed by atoms with Crippen molar-refractivity contribution in [1.29, 1.82) is 0 Å². The van der Waals surface area contributed by atoms with Crippen LogP contribution < -0.4 is 5.32 Å². The Bertz CT molecular complexity index is 220. The van der Waals surface area contributed by atoms with Crippen LogP contribution in [-0.2, 0) is 4.79 Å². The third-order valence-electron chi connectivity index (χ3n) is 3.73. The minimum absolute atomic E-state index is 0.330. The van der Waals surface area contributed by atoms with Gasteiger partial charge in [-0.25, -0.2) is 0 Å². The fraction of sp³-hybridized carbons (Fsp3) is 0.917. The van der Waals surface area contributed by atoms with Crippen molar-refractivity contribution in [2.24, 2.45) is 11.8 Å². The molecule has 1 saturated heterocycles. The summed E-state index contributed by atoms with van der Waals surface area (Å²) in [6.45, 7) is 3.12. The van der Waals surface area contributed by atoms with E-state index >= 15 is 0 Å². The summed E-state index contributed by atoms with van der Waals surface area (Å²) in [6.07, 6.45) is 6.04. The van der Waals surface area contributed by atoms with Gasteiger partial charge in [0.25, 0.3) is 0 Å². The van der Waals surface area contributed by atoms with Gasteiger partial charge in [0, 0.05) is 38.5 Å². The second-order valence-corrected chi connectivity index (χ2v) is 5.08. The van der Waals surface area contributed by atoms with Crippen LogP contribution in [0.25, 0.3) is 0 Å². The summed E-state index contributed by atoms with van der Waals surface area (Å²) < 4.78 is 0. The lowest BCUT2D eigenvalue weighted by Gasteiger charge is -2.33. The second kappa shape index (κ2) is 4.97. The van der Waals surface area contributed by atoms with Crippen molar-refractivity contribution in [3.63, 3.8) is 0 Å². The summed E-state index contributed by atoms with van der Waals surface area (Å²) in [5.74, 6) is 1.42. The van der Waals surface area contributed by atoms with Crippen molar-refractivity contribution in [2.75, 3.05) is 26.7 Å². The Labute approximate surface area is 92.2 Å². The topological polar surface area (TPSA) is 32.3 Å². The Morgan fingerprint density at radius 1 is 1.27 bits per heavy atom. The smallest absolute Gasteiger partial charge is 0.225 e. The number of rotatable bonds is 3. The van der Waals surface area contributed by atoms with Gasteiger partial charge < -0.3 is 10.2 Å². The molecule has 0 bridgehead atoms. The van der Waals surface area contributed by atoms with E-state index in [4.69, 9.17) is 0 Å². The molecule has 0 aromatic heterocycles. The highest BCUT2D eigenvalue weighted by molar-refractivity contribution is 5.78. The van der Waals surface area contributed by atoms with Crippen LogP contribution in [0, 0.1) is 11.8 Å². The third kappa shape index (κ3) is 2.71. The molecule has 0 radical (unpaired) electrons. The average molecular weight is 210 g/mol. The van der Waals surface area contributed by atoms with E-state index in [1.165, 1.54) is 19.3 Å². The van der Waals surface area contributed by atoms with Crippen molar-refractivity contribution in [3.05, 3.63) is 0 Å². The van der Waals surface area contributed by atoms with Crippen LogP contribution in [-0.4, -0.2) is 37.5 Å². The summed E-state index contributed by atoms with van der Waals surface area (Å²) in [5.41, 5.74) is 0. The molecule has 1 amide bonds. The number of carbonyl (C=O) groups is 1. The highest BCUT2D eigenvalue weighted by atomic mass is 16.2. The molecule has 3 nitrogen and oxygen atoms in total. The predicted octanol–water partition coefficient (Wildman–Crippen LogP) is 1.24. The number of nitrogens with zero attached hydrogens (tertiary/aromatic N) is 1. The Balaban J connectivity index is 1.77. The van der Waals surface area contributed by atoms with E-state index in [2.05, 4.69) is 5.32 Å². The van der Waals surface area contributed by atoms with E-state index in [-0.39, 0.29) is 0 Å². The number of hydrogen-bond acceptors (Lipinski definition) is 2. The molecule has 86 valence electrons. The van der Waals surface area contributed by atoms with Crippen molar-refractivity contribution in [3.8, 4) is 0 Å². The normalized spacial score (nSPS) is 23.5. The molecule has 1 aliphatic carbocycles. The maximum absolute atomic E-state index is 12.1. The highest BCUT2D eigenvalue weighted by Gasteiger charge is 2.26. The van der Waals surface area contributed by atoms with Gasteiger partial charge in [-0.1, -0.05) is 19.3 Å². The lowest BCUT2D eigenvalue weighted by Crippen LogP contribution is -2.49. The van der Waals surface area contributed by atoms with E-state index in [0.29, 0.717) is 17.7 Å². The van der Waals surface area contributed by atoms with Crippen LogP contribution in [0.15, 0.2) is 0 Å². The quantitative estimate of drug-likeness (QED) is 0.760. The van der Waals surface area contributed by atoms with Crippen LogP contribution in [0.3, 0.4) is 0 Å². The first-order valence-electron chi connectivity index (χ1n) is 6.23. The van der Waals surface area contributed by atoms with Gasteiger partial charge in [-0.15, -0.1) is 0 Å². The largest absolute Gasteiger partial charge is 0.345 e. The molecule has 2 fully saturated rings. The number of amides is 1. The van der Waals surface area contributed by atoms with Crippen LogP contribution in [0.2, 0.25) is 0 Å². The molecule has 0 unspecified atom stereocenters. The van der Waals surface area contributed by atoms with Gasteiger partial charge in [-0.3, -0.25) is 4.79 Å². The summed E-state index contributed by atoms with van der Waals surface area (Å²) >= 11 is 0. The number of hydrogen-bond donors (Lipinski definition) is 1. The van der Waals surface area contributed by atoms with Crippen LogP contribution >= 0.6 is 0 Å². The van der Waals surface area contributed by atoms with E-state index < -0.39 is 0 Å². The van der Waals surface area contributed by atoms with Crippen LogP contribution in [0.1, 0.15) is 32.1 Å². The monoisotopic (exact) mass is 210 g/mol.